The molecule has 2 unspecified atom stereocenters. The van der Waals surface area contributed by atoms with Gasteiger partial charge in [-0.2, -0.15) is 0 Å². The molecule has 2 rings (SSSR count). The second-order valence-electron chi connectivity index (χ2n) is 7.18. The number of hydrogen-bond donors (Lipinski definition) is 1. The fourth-order valence-corrected chi connectivity index (χ4v) is 3.35. The molecule has 1 amide bonds. The lowest BCUT2D eigenvalue weighted by molar-refractivity contribution is -0.274. The number of hydrogen-bond acceptors (Lipinski definition) is 5. The van der Waals surface area contributed by atoms with Crippen LogP contribution >= 0.6 is 11.8 Å². The first-order valence-electron chi connectivity index (χ1n) is 10.6. The van der Waals surface area contributed by atoms with Crippen LogP contribution in [0, 0.1) is 0 Å². The van der Waals surface area contributed by atoms with Gasteiger partial charge in [0.2, 0.25) is 5.91 Å². The Hall–Kier alpha value is -2.94. The van der Waals surface area contributed by atoms with E-state index in [9.17, 15) is 22.8 Å². The zero-order valence-electron chi connectivity index (χ0n) is 19.6. The molecule has 0 aliphatic heterocycles. The summed E-state index contributed by atoms with van der Waals surface area (Å²) in [6.07, 6.45) is -0.305. The van der Waals surface area contributed by atoms with Gasteiger partial charge >= 0.3 is 6.36 Å². The molecule has 0 fully saturated rings. The molecule has 0 bridgehead atoms. The third-order valence-electron chi connectivity index (χ3n) is 4.62. The van der Waals surface area contributed by atoms with Crippen LogP contribution in [0.15, 0.2) is 60.7 Å². The standard InChI is InChI=1S/C21H22F3NO4S.C4H8/c1-14(16-5-9-18(10-6-16)29-21(22,23)24)12-28-17-7-3-15(4-8-17)11-19(30-13-26)20(27)25-2;1-3-4-2/h3-10,13-14,19H,11-12H2,1-2H3,(H,25,27);3-4H,1-2H3/b;4-3-. The molecule has 0 spiro atoms. The number of amides is 1. The molecule has 0 aliphatic carbocycles. The number of halogens is 3. The normalized spacial score (nSPS) is 12.8. The molecule has 9 heteroatoms. The molecular weight excluding hydrogens is 467 g/mol. The Kier molecular flexibility index (Phi) is 12.9. The Balaban J connectivity index is 0.00000133. The number of rotatable bonds is 10. The molecule has 0 saturated heterocycles. The lowest BCUT2D eigenvalue weighted by Crippen LogP contribution is -2.31. The first-order valence-corrected chi connectivity index (χ1v) is 11.5. The Labute approximate surface area is 202 Å². The van der Waals surface area contributed by atoms with Crippen LogP contribution in [-0.4, -0.2) is 36.8 Å². The minimum absolute atomic E-state index is 0.0498. The molecule has 0 aliphatic rings. The van der Waals surface area contributed by atoms with Gasteiger partial charge in [-0.15, -0.1) is 13.2 Å². The number of allylic oxidation sites excluding steroid dienone is 2. The van der Waals surface area contributed by atoms with E-state index in [2.05, 4.69) is 10.1 Å². The van der Waals surface area contributed by atoms with E-state index in [1.807, 2.05) is 45.1 Å². The number of ether oxygens (including phenoxy) is 2. The molecule has 34 heavy (non-hydrogen) atoms. The number of nitrogens with one attached hydrogen (secondary N) is 1. The van der Waals surface area contributed by atoms with Crippen LogP contribution in [0.2, 0.25) is 0 Å². The summed E-state index contributed by atoms with van der Waals surface area (Å²) >= 11 is 0.929. The number of alkyl halides is 3. The third-order valence-corrected chi connectivity index (χ3v) is 5.44. The zero-order valence-corrected chi connectivity index (χ0v) is 20.4. The summed E-state index contributed by atoms with van der Waals surface area (Å²) in [5, 5.41) is 2.04. The molecule has 0 aromatic heterocycles. The van der Waals surface area contributed by atoms with Gasteiger partial charge < -0.3 is 14.8 Å². The van der Waals surface area contributed by atoms with Crippen LogP contribution in [-0.2, 0) is 16.0 Å². The average molecular weight is 498 g/mol. The molecule has 186 valence electrons. The minimum atomic E-state index is -4.71. The van der Waals surface area contributed by atoms with Crippen molar-refractivity contribution in [3.8, 4) is 11.5 Å². The Morgan fingerprint density at radius 2 is 1.59 bits per heavy atom. The SMILES string of the molecule is C/C=C\C.CNC(=O)C(Cc1ccc(OCC(C)c2ccc(OC(F)(F)F)cc2)cc1)SC=O. The first-order chi connectivity index (χ1) is 16.1. The quantitative estimate of drug-likeness (QED) is 0.326. The number of carbonyl (C=O) groups excluding carboxylic acids is 2. The van der Waals surface area contributed by atoms with Crippen LogP contribution in [0.4, 0.5) is 13.2 Å². The summed E-state index contributed by atoms with van der Waals surface area (Å²) in [7, 11) is 1.52. The van der Waals surface area contributed by atoms with E-state index >= 15 is 0 Å². The van der Waals surface area contributed by atoms with Crippen molar-refractivity contribution in [2.45, 2.75) is 44.7 Å². The molecule has 2 aromatic carbocycles. The highest BCUT2D eigenvalue weighted by Crippen LogP contribution is 2.26. The van der Waals surface area contributed by atoms with Crippen LogP contribution < -0.4 is 14.8 Å². The smallest absolute Gasteiger partial charge is 0.493 e. The molecule has 2 atom stereocenters. The van der Waals surface area contributed by atoms with Crippen molar-refractivity contribution in [3.05, 3.63) is 71.8 Å². The molecule has 5 nitrogen and oxygen atoms in total. The van der Waals surface area contributed by atoms with Gasteiger partial charge in [-0.1, -0.05) is 55.1 Å². The van der Waals surface area contributed by atoms with Gasteiger partial charge in [0.1, 0.15) is 11.5 Å². The topological polar surface area (TPSA) is 64.6 Å². The summed E-state index contributed by atoms with van der Waals surface area (Å²) in [6, 6.07) is 12.9. The molecule has 2 aromatic rings. The van der Waals surface area contributed by atoms with Crippen molar-refractivity contribution in [1.29, 1.82) is 0 Å². The Bertz CT molecular complexity index is 896. The van der Waals surface area contributed by atoms with Crippen molar-refractivity contribution in [2.24, 2.45) is 0 Å². The fraction of sp³-hybridized carbons (Fsp3) is 0.360. The van der Waals surface area contributed by atoms with E-state index < -0.39 is 11.6 Å². The summed E-state index contributed by atoms with van der Waals surface area (Å²) in [5.74, 6) is 0.0963. The monoisotopic (exact) mass is 497 g/mol. The van der Waals surface area contributed by atoms with Gasteiger partial charge in [-0.05, 0) is 55.7 Å². The highest BCUT2D eigenvalue weighted by molar-refractivity contribution is 8.13. The second kappa shape index (κ2) is 15.1. The maximum absolute atomic E-state index is 12.2. The largest absolute Gasteiger partial charge is 0.573 e. The van der Waals surface area contributed by atoms with Crippen molar-refractivity contribution in [3.63, 3.8) is 0 Å². The molecule has 0 saturated carbocycles. The number of carbonyl (C=O) groups is 2. The maximum atomic E-state index is 12.2. The van der Waals surface area contributed by atoms with E-state index in [1.165, 1.54) is 19.2 Å². The van der Waals surface area contributed by atoms with Crippen LogP contribution in [0.25, 0.3) is 0 Å². The molecule has 1 N–H and O–H groups in total. The summed E-state index contributed by atoms with van der Waals surface area (Å²) in [4.78, 5) is 22.5. The van der Waals surface area contributed by atoms with Crippen LogP contribution in [0.5, 0.6) is 11.5 Å². The highest BCUT2D eigenvalue weighted by atomic mass is 32.2. The highest BCUT2D eigenvalue weighted by Gasteiger charge is 2.31. The second-order valence-corrected chi connectivity index (χ2v) is 8.21. The lowest BCUT2D eigenvalue weighted by atomic mass is 10.0. The summed E-state index contributed by atoms with van der Waals surface area (Å²) < 4.78 is 46.3. The van der Waals surface area contributed by atoms with Crippen molar-refractivity contribution in [2.75, 3.05) is 13.7 Å². The van der Waals surface area contributed by atoms with E-state index in [4.69, 9.17) is 4.74 Å². The molecule has 0 radical (unpaired) electrons. The number of benzene rings is 2. The van der Waals surface area contributed by atoms with E-state index in [1.54, 1.807) is 24.3 Å². The first kappa shape index (κ1) is 29.1. The fourth-order valence-electron chi connectivity index (χ4n) is 2.68. The van der Waals surface area contributed by atoms with E-state index in [-0.39, 0.29) is 17.6 Å². The van der Waals surface area contributed by atoms with Crippen LogP contribution in [0.3, 0.4) is 0 Å². The zero-order chi connectivity index (χ0) is 25.6. The average Bonchev–Trinajstić information content (AvgIpc) is 2.82. The van der Waals surface area contributed by atoms with E-state index in [0.29, 0.717) is 24.4 Å². The Morgan fingerprint density at radius 1 is 1.03 bits per heavy atom. The van der Waals surface area contributed by atoms with Gasteiger partial charge in [-0.3, -0.25) is 9.59 Å². The van der Waals surface area contributed by atoms with Crippen LogP contribution in [0.1, 0.15) is 37.8 Å². The summed E-state index contributed by atoms with van der Waals surface area (Å²) in [6.45, 7) is 6.24. The van der Waals surface area contributed by atoms with Gasteiger partial charge in [0, 0.05) is 13.0 Å². The van der Waals surface area contributed by atoms with Gasteiger partial charge in [0.15, 0.2) is 5.62 Å². The summed E-state index contributed by atoms with van der Waals surface area (Å²) in [5.41, 5.74) is 2.36. The van der Waals surface area contributed by atoms with Crippen molar-refractivity contribution in [1.82, 2.24) is 5.32 Å². The molecular formula is C25H30F3NO4S. The van der Waals surface area contributed by atoms with Crippen molar-refractivity contribution >= 4 is 23.3 Å². The van der Waals surface area contributed by atoms with Crippen molar-refractivity contribution < 1.29 is 32.2 Å². The molecule has 0 heterocycles. The van der Waals surface area contributed by atoms with Gasteiger partial charge in [-0.25, -0.2) is 0 Å². The van der Waals surface area contributed by atoms with E-state index in [0.717, 1.165) is 22.9 Å². The van der Waals surface area contributed by atoms with Gasteiger partial charge in [0.05, 0.1) is 11.9 Å². The third kappa shape index (κ3) is 11.3. The minimum Gasteiger partial charge on any atom is -0.493 e. The Morgan fingerprint density at radius 3 is 2.06 bits per heavy atom. The maximum Gasteiger partial charge on any atom is 0.573 e. The van der Waals surface area contributed by atoms with Gasteiger partial charge in [0.25, 0.3) is 0 Å². The number of thioether (sulfide) groups is 1. The lowest BCUT2D eigenvalue weighted by Gasteiger charge is -2.15. The predicted octanol–water partition coefficient (Wildman–Crippen LogP) is 5.93. The predicted molar refractivity (Wildman–Crippen MR) is 130 cm³/mol.